The van der Waals surface area contributed by atoms with Crippen molar-refractivity contribution < 1.29 is 9.50 Å². The van der Waals surface area contributed by atoms with Gasteiger partial charge in [-0.3, -0.25) is 0 Å². The van der Waals surface area contributed by atoms with Crippen molar-refractivity contribution in [2.45, 2.75) is 33.1 Å². The highest BCUT2D eigenvalue weighted by atomic mass is 35.5. The SMILES string of the molecule is CCC(CC)(CO)Cc1ccc(Cl)c(F)c1. The van der Waals surface area contributed by atoms with Gasteiger partial charge in [-0.1, -0.05) is 31.5 Å². The molecule has 0 aliphatic heterocycles. The Balaban J connectivity index is 2.89. The molecule has 0 heterocycles. The first kappa shape index (κ1) is 13.5. The molecule has 1 nitrogen and oxygen atoms in total. The summed E-state index contributed by atoms with van der Waals surface area (Å²) in [6.45, 7) is 4.22. The predicted octanol–water partition coefficient (Wildman–Crippen LogP) is 3.82. The zero-order chi connectivity index (χ0) is 12.2. The van der Waals surface area contributed by atoms with Crippen LogP contribution in [-0.4, -0.2) is 11.7 Å². The van der Waals surface area contributed by atoms with Crippen molar-refractivity contribution in [2.75, 3.05) is 6.61 Å². The minimum Gasteiger partial charge on any atom is -0.396 e. The number of aliphatic hydroxyl groups excluding tert-OH is 1. The van der Waals surface area contributed by atoms with Gasteiger partial charge in [0.1, 0.15) is 5.82 Å². The normalized spacial score (nSPS) is 11.8. The Labute approximate surface area is 101 Å². The molecule has 0 bridgehead atoms. The Bertz CT molecular complexity index is 340. The summed E-state index contributed by atoms with van der Waals surface area (Å²) in [5, 5.41) is 9.59. The molecule has 0 aliphatic carbocycles. The molecule has 1 aromatic rings. The lowest BCUT2D eigenvalue weighted by Crippen LogP contribution is -2.26. The zero-order valence-electron chi connectivity index (χ0n) is 9.76. The van der Waals surface area contributed by atoms with Crippen LogP contribution in [-0.2, 0) is 6.42 Å². The van der Waals surface area contributed by atoms with Crippen molar-refractivity contribution in [1.29, 1.82) is 0 Å². The molecule has 0 aliphatic rings. The average molecular weight is 245 g/mol. The number of rotatable bonds is 5. The van der Waals surface area contributed by atoms with Crippen LogP contribution in [0.3, 0.4) is 0 Å². The topological polar surface area (TPSA) is 20.2 Å². The summed E-state index contributed by atoms with van der Waals surface area (Å²) in [6.07, 6.45) is 2.44. The molecule has 0 amide bonds. The maximum Gasteiger partial charge on any atom is 0.142 e. The lowest BCUT2D eigenvalue weighted by molar-refractivity contribution is 0.115. The van der Waals surface area contributed by atoms with Gasteiger partial charge < -0.3 is 5.11 Å². The standard InChI is InChI=1S/C13H18ClFO/c1-3-13(4-2,9-16)8-10-5-6-11(14)12(15)7-10/h5-7,16H,3-4,8-9H2,1-2H3. The minimum absolute atomic E-state index is 0.129. The van der Waals surface area contributed by atoms with E-state index in [-0.39, 0.29) is 17.0 Å². The third kappa shape index (κ3) is 2.96. The molecule has 0 saturated heterocycles. The fourth-order valence-electron chi connectivity index (χ4n) is 1.86. The van der Waals surface area contributed by atoms with E-state index in [1.54, 1.807) is 6.07 Å². The Kier molecular flexibility index (Phi) is 4.75. The van der Waals surface area contributed by atoms with Gasteiger partial charge >= 0.3 is 0 Å². The van der Waals surface area contributed by atoms with E-state index in [1.165, 1.54) is 6.07 Å². The summed E-state index contributed by atoms with van der Waals surface area (Å²) >= 11 is 5.63. The molecule has 90 valence electrons. The van der Waals surface area contributed by atoms with Crippen LogP contribution in [0.15, 0.2) is 18.2 Å². The fourth-order valence-corrected chi connectivity index (χ4v) is 1.98. The molecule has 3 heteroatoms. The lowest BCUT2D eigenvalue weighted by atomic mass is 9.78. The summed E-state index contributed by atoms with van der Waals surface area (Å²) in [5.74, 6) is -0.391. The summed E-state index contributed by atoms with van der Waals surface area (Å²) in [5.41, 5.74) is 0.750. The van der Waals surface area contributed by atoms with Crippen LogP contribution in [0.4, 0.5) is 4.39 Å². The van der Waals surface area contributed by atoms with Crippen LogP contribution in [0.25, 0.3) is 0 Å². The van der Waals surface area contributed by atoms with Gasteiger partial charge in [-0.15, -0.1) is 0 Å². The van der Waals surface area contributed by atoms with Crippen molar-refractivity contribution in [3.05, 3.63) is 34.6 Å². The van der Waals surface area contributed by atoms with Crippen LogP contribution in [0.1, 0.15) is 32.3 Å². The molecular weight excluding hydrogens is 227 g/mol. The first-order valence-electron chi connectivity index (χ1n) is 5.61. The first-order valence-corrected chi connectivity index (χ1v) is 5.99. The molecule has 0 aromatic heterocycles. The van der Waals surface area contributed by atoms with E-state index in [2.05, 4.69) is 0 Å². The molecule has 0 unspecified atom stereocenters. The molecular formula is C13H18ClFO. The van der Waals surface area contributed by atoms with E-state index >= 15 is 0 Å². The van der Waals surface area contributed by atoms with Crippen molar-refractivity contribution in [3.63, 3.8) is 0 Å². The number of halogens is 2. The van der Waals surface area contributed by atoms with E-state index in [1.807, 2.05) is 19.9 Å². The molecule has 1 aromatic carbocycles. The van der Waals surface area contributed by atoms with Gasteiger partial charge in [0.05, 0.1) is 5.02 Å². The van der Waals surface area contributed by atoms with Crippen LogP contribution < -0.4 is 0 Å². The second-order valence-electron chi connectivity index (χ2n) is 4.29. The zero-order valence-corrected chi connectivity index (χ0v) is 10.5. The first-order chi connectivity index (χ1) is 7.56. The van der Waals surface area contributed by atoms with Crippen LogP contribution in [0.2, 0.25) is 5.02 Å². The average Bonchev–Trinajstić information content (AvgIpc) is 2.31. The Morgan fingerprint density at radius 3 is 2.38 bits per heavy atom. The van der Waals surface area contributed by atoms with Gasteiger partial charge in [-0.2, -0.15) is 0 Å². The van der Waals surface area contributed by atoms with E-state index < -0.39 is 5.82 Å². The molecule has 16 heavy (non-hydrogen) atoms. The minimum atomic E-state index is -0.391. The molecule has 0 fully saturated rings. The van der Waals surface area contributed by atoms with Gasteiger partial charge in [0.2, 0.25) is 0 Å². The number of hydrogen-bond donors (Lipinski definition) is 1. The monoisotopic (exact) mass is 244 g/mol. The van der Waals surface area contributed by atoms with Gasteiger partial charge in [0.25, 0.3) is 0 Å². The van der Waals surface area contributed by atoms with Crippen molar-refractivity contribution in [3.8, 4) is 0 Å². The summed E-state index contributed by atoms with van der Waals surface area (Å²) in [4.78, 5) is 0. The molecule has 1 rings (SSSR count). The molecule has 1 N–H and O–H groups in total. The van der Waals surface area contributed by atoms with Crippen LogP contribution >= 0.6 is 11.6 Å². The summed E-state index contributed by atoms with van der Waals surface area (Å²) in [6, 6.07) is 4.85. The lowest BCUT2D eigenvalue weighted by Gasteiger charge is -2.29. The number of aliphatic hydroxyl groups is 1. The van der Waals surface area contributed by atoms with E-state index in [4.69, 9.17) is 11.6 Å². The molecule has 0 spiro atoms. The highest BCUT2D eigenvalue weighted by Crippen LogP contribution is 2.31. The quantitative estimate of drug-likeness (QED) is 0.835. The highest BCUT2D eigenvalue weighted by Gasteiger charge is 2.25. The van der Waals surface area contributed by atoms with Gasteiger partial charge in [0, 0.05) is 6.61 Å². The van der Waals surface area contributed by atoms with Crippen molar-refractivity contribution >= 4 is 11.6 Å². The molecule has 0 saturated carbocycles. The van der Waals surface area contributed by atoms with Gasteiger partial charge in [-0.25, -0.2) is 4.39 Å². The second-order valence-corrected chi connectivity index (χ2v) is 4.70. The number of benzene rings is 1. The van der Waals surface area contributed by atoms with E-state index in [0.717, 1.165) is 18.4 Å². The smallest absolute Gasteiger partial charge is 0.142 e. The van der Waals surface area contributed by atoms with E-state index in [9.17, 15) is 9.50 Å². The third-order valence-corrected chi connectivity index (χ3v) is 3.71. The Hall–Kier alpha value is -0.600. The largest absolute Gasteiger partial charge is 0.396 e. The Morgan fingerprint density at radius 2 is 1.94 bits per heavy atom. The molecule has 0 radical (unpaired) electrons. The highest BCUT2D eigenvalue weighted by molar-refractivity contribution is 6.30. The maximum atomic E-state index is 13.3. The summed E-state index contributed by atoms with van der Waals surface area (Å²) in [7, 11) is 0. The predicted molar refractivity (Wildman–Crippen MR) is 65.2 cm³/mol. The third-order valence-electron chi connectivity index (χ3n) is 3.40. The molecule has 0 atom stereocenters. The number of hydrogen-bond acceptors (Lipinski definition) is 1. The van der Waals surface area contributed by atoms with E-state index in [0.29, 0.717) is 6.42 Å². The summed E-state index contributed by atoms with van der Waals surface area (Å²) < 4.78 is 13.3. The van der Waals surface area contributed by atoms with Crippen LogP contribution in [0, 0.1) is 11.2 Å². The fraction of sp³-hybridized carbons (Fsp3) is 0.538. The maximum absolute atomic E-state index is 13.3. The van der Waals surface area contributed by atoms with Gasteiger partial charge in [-0.05, 0) is 42.4 Å². The van der Waals surface area contributed by atoms with Crippen LogP contribution in [0.5, 0.6) is 0 Å². The Morgan fingerprint density at radius 1 is 1.31 bits per heavy atom. The second kappa shape index (κ2) is 5.65. The van der Waals surface area contributed by atoms with Gasteiger partial charge in [0.15, 0.2) is 0 Å². The van der Waals surface area contributed by atoms with Crippen molar-refractivity contribution in [1.82, 2.24) is 0 Å². The van der Waals surface area contributed by atoms with Crippen molar-refractivity contribution in [2.24, 2.45) is 5.41 Å².